The van der Waals surface area contributed by atoms with Crippen LogP contribution >= 0.6 is 0 Å². The minimum Gasteiger partial charge on any atom is -0.459 e. The van der Waals surface area contributed by atoms with Gasteiger partial charge in [-0.25, -0.2) is 0 Å². The second-order valence-electron chi connectivity index (χ2n) is 5.71. The second-order valence-corrected chi connectivity index (χ2v) is 5.71. The number of rotatable bonds is 5. The van der Waals surface area contributed by atoms with E-state index in [-0.39, 0.29) is 11.7 Å². The highest BCUT2D eigenvalue weighted by molar-refractivity contribution is 6.02. The third-order valence-electron chi connectivity index (χ3n) is 3.81. The lowest BCUT2D eigenvalue weighted by atomic mass is 10.2. The molecule has 2 aromatic heterocycles. The molecule has 27 heavy (non-hydrogen) atoms. The van der Waals surface area contributed by atoms with Gasteiger partial charge in [-0.15, -0.1) is 0 Å². The molecule has 132 valence electrons. The normalized spacial score (nSPS) is 11.0. The van der Waals surface area contributed by atoms with Crippen molar-refractivity contribution >= 4 is 23.7 Å². The molecule has 0 radical (unpaired) electrons. The van der Waals surface area contributed by atoms with Gasteiger partial charge in [-0.1, -0.05) is 35.5 Å². The van der Waals surface area contributed by atoms with Crippen LogP contribution in [0.25, 0.3) is 23.5 Å². The molecule has 0 saturated heterocycles. The summed E-state index contributed by atoms with van der Waals surface area (Å²) < 4.78 is 10.3. The Bertz CT molecular complexity index is 1050. The minimum atomic E-state index is -0.305. The van der Waals surface area contributed by atoms with Crippen LogP contribution in [0.2, 0.25) is 0 Å². The van der Waals surface area contributed by atoms with Gasteiger partial charge in [-0.3, -0.25) is 4.79 Å². The second kappa shape index (κ2) is 7.53. The van der Waals surface area contributed by atoms with E-state index in [9.17, 15) is 4.79 Å². The van der Waals surface area contributed by atoms with Crippen molar-refractivity contribution in [1.29, 1.82) is 0 Å². The highest BCUT2D eigenvalue weighted by Crippen LogP contribution is 2.20. The van der Waals surface area contributed by atoms with Crippen molar-refractivity contribution in [3.05, 3.63) is 90.2 Å². The Morgan fingerprint density at radius 3 is 2.48 bits per heavy atom. The van der Waals surface area contributed by atoms with E-state index in [1.165, 1.54) is 6.26 Å². The molecule has 1 amide bonds. The van der Waals surface area contributed by atoms with E-state index in [1.54, 1.807) is 30.3 Å². The molecule has 4 rings (SSSR count). The van der Waals surface area contributed by atoms with Crippen LogP contribution in [-0.4, -0.2) is 16.0 Å². The van der Waals surface area contributed by atoms with Crippen LogP contribution in [0.1, 0.15) is 22.0 Å². The number of hydrogen-bond acceptors (Lipinski definition) is 5. The van der Waals surface area contributed by atoms with E-state index in [0.717, 1.165) is 11.1 Å². The van der Waals surface area contributed by atoms with Gasteiger partial charge in [0.1, 0.15) is 0 Å². The molecule has 0 aliphatic rings. The molecule has 2 heterocycles. The number of hydrogen-bond donors (Lipinski definition) is 1. The standard InChI is InChI=1S/C21H15N3O3/c25-21(18-7-4-14-26-18)22-17-11-9-16(10-12-17)20-23-19(27-24-20)13-8-15-5-2-1-3-6-15/h1-14H,(H,22,25). The smallest absolute Gasteiger partial charge is 0.291 e. The molecule has 2 aromatic carbocycles. The Kier molecular flexibility index (Phi) is 4.61. The largest absolute Gasteiger partial charge is 0.459 e. The molecule has 0 unspecified atom stereocenters. The van der Waals surface area contributed by atoms with E-state index in [4.69, 9.17) is 8.94 Å². The lowest BCUT2D eigenvalue weighted by Gasteiger charge is -2.03. The summed E-state index contributed by atoms with van der Waals surface area (Å²) in [4.78, 5) is 16.3. The molecule has 4 aromatic rings. The van der Waals surface area contributed by atoms with Crippen molar-refractivity contribution < 1.29 is 13.7 Å². The van der Waals surface area contributed by atoms with Gasteiger partial charge >= 0.3 is 0 Å². The summed E-state index contributed by atoms with van der Waals surface area (Å²) in [7, 11) is 0. The van der Waals surface area contributed by atoms with Gasteiger partial charge in [0.05, 0.1) is 6.26 Å². The molecule has 1 N–H and O–H groups in total. The van der Waals surface area contributed by atoms with Gasteiger partial charge in [0.25, 0.3) is 11.8 Å². The van der Waals surface area contributed by atoms with Crippen LogP contribution < -0.4 is 5.32 Å². The molecule has 0 atom stereocenters. The zero-order chi connectivity index (χ0) is 18.5. The number of furan rings is 1. The van der Waals surface area contributed by atoms with E-state index in [0.29, 0.717) is 17.4 Å². The third kappa shape index (κ3) is 4.01. The zero-order valence-corrected chi connectivity index (χ0v) is 14.2. The van der Waals surface area contributed by atoms with E-state index >= 15 is 0 Å². The monoisotopic (exact) mass is 357 g/mol. The lowest BCUT2D eigenvalue weighted by Crippen LogP contribution is -2.10. The summed E-state index contributed by atoms with van der Waals surface area (Å²) in [6.45, 7) is 0. The fraction of sp³-hybridized carbons (Fsp3) is 0. The zero-order valence-electron chi connectivity index (χ0n) is 14.2. The lowest BCUT2D eigenvalue weighted by molar-refractivity contribution is 0.0996. The number of carbonyl (C=O) groups is 1. The van der Waals surface area contributed by atoms with Gasteiger partial charge in [0, 0.05) is 17.3 Å². The van der Waals surface area contributed by atoms with Crippen LogP contribution in [0.15, 0.2) is 81.9 Å². The molecule has 0 aliphatic carbocycles. The van der Waals surface area contributed by atoms with Gasteiger partial charge in [-0.05, 0) is 48.0 Å². The summed E-state index contributed by atoms with van der Waals surface area (Å²) in [6, 6.07) is 20.3. The van der Waals surface area contributed by atoms with Crippen LogP contribution in [0.3, 0.4) is 0 Å². The van der Waals surface area contributed by atoms with Crippen molar-refractivity contribution in [1.82, 2.24) is 10.1 Å². The minimum absolute atomic E-state index is 0.257. The highest BCUT2D eigenvalue weighted by Gasteiger charge is 2.10. The summed E-state index contributed by atoms with van der Waals surface area (Å²) in [5, 5.41) is 6.75. The first-order chi connectivity index (χ1) is 13.3. The number of carbonyl (C=O) groups excluding carboxylic acids is 1. The van der Waals surface area contributed by atoms with Crippen LogP contribution in [0.5, 0.6) is 0 Å². The van der Waals surface area contributed by atoms with Crippen LogP contribution in [-0.2, 0) is 0 Å². The number of nitrogens with zero attached hydrogens (tertiary/aromatic N) is 2. The fourth-order valence-corrected chi connectivity index (χ4v) is 2.45. The molecule has 6 heteroatoms. The van der Waals surface area contributed by atoms with Gasteiger partial charge < -0.3 is 14.3 Å². The van der Waals surface area contributed by atoms with Gasteiger partial charge in [0.2, 0.25) is 5.82 Å². The fourth-order valence-electron chi connectivity index (χ4n) is 2.45. The number of nitrogens with one attached hydrogen (secondary N) is 1. The van der Waals surface area contributed by atoms with Crippen molar-refractivity contribution in [2.45, 2.75) is 0 Å². The molecule has 6 nitrogen and oxygen atoms in total. The molecule has 0 saturated carbocycles. The molecular weight excluding hydrogens is 342 g/mol. The summed E-state index contributed by atoms with van der Waals surface area (Å²) in [6.07, 6.45) is 5.13. The summed E-state index contributed by atoms with van der Waals surface area (Å²) in [5.74, 6) is 0.850. The van der Waals surface area contributed by atoms with E-state index in [1.807, 2.05) is 48.5 Å². The molecule has 0 fully saturated rings. The van der Waals surface area contributed by atoms with Crippen molar-refractivity contribution in [3.63, 3.8) is 0 Å². The molecule has 0 aliphatic heterocycles. The number of anilines is 1. The summed E-state index contributed by atoms with van der Waals surface area (Å²) >= 11 is 0. The first-order valence-electron chi connectivity index (χ1n) is 8.30. The Morgan fingerprint density at radius 2 is 1.74 bits per heavy atom. The van der Waals surface area contributed by atoms with Crippen molar-refractivity contribution in [2.75, 3.05) is 5.32 Å². The maximum absolute atomic E-state index is 12.0. The highest BCUT2D eigenvalue weighted by atomic mass is 16.5. The average molecular weight is 357 g/mol. The predicted molar refractivity (Wildman–Crippen MR) is 102 cm³/mol. The predicted octanol–water partition coefficient (Wildman–Crippen LogP) is 4.75. The van der Waals surface area contributed by atoms with Crippen molar-refractivity contribution in [2.24, 2.45) is 0 Å². The first kappa shape index (κ1) is 16.5. The van der Waals surface area contributed by atoms with E-state index < -0.39 is 0 Å². The third-order valence-corrected chi connectivity index (χ3v) is 3.81. The number of benzene rings is 2. The molecule has 0 spiro atoms. The van der Waals surface area contributed by atoms with Gasteiger partial charge in [-0.2, -0.15) is 4.98 Å². The number of aromatic nitrogens is 2. The van der Waals surface area contributed by atoms with Gasteiger partial charge in [0.15, 0.2) is 5.76 Å². The van der Waals surface area contributed by atoms with Crippen molar-refractivity contribution in [3.8, 4) is 11.4 Å². The number of amides is 1. The Morgan fingerprint density at radius 1 is 0.926 bits per heavy atom. The maximum Gasteiger partial charge on any atom is 0.291 e. The van der Waals surface area contributed by atoms with Crippen LogP contribution in [0, 0.1) is 0 Å². The van der Waals surface area contributed by atoms with E-state index in [2.05, 4.69) is 15.5 Å². The topological polar surface area (TPSA) is 81.2 Å². The Hall–Kier alpha value is -3.93. The SMILES string of the molecule is O=C(Nc1ccc(-c2noc(C=Cc3ccccc3)n2)cc1)c1ccco1. The van der Waals surface area contributed by atoms with Crippen LogP contribution in [0.4, 0.5) is 5.69 Å². The first-order valence-corrected chi connectivity index (χ1v) is 8.30. The Labute approximate surface area is 155 Å². The quantitative estimate of drug-likeness (QED) is 0.557. The summed E-state index contributed by atoms with van der Waals surface area (Å²) in [5.41, 5.74) is 2.48. The maximum atomic E-state index is 12.0. The molecular formula is C21H15N3O3. The Balaban J connectivity index is 1.44. The average Bonchev–Trinajstić information content (AvgIpc) is 3.40. The molecule has 0 bridgehead atoms.